The molecule has 5 nitrogen and oxygen atoms in total. The van der Waals surface area contributed by atoms with Crippen LogP contribution in [0.3, 0.4) is 0 Å². The average molecular weight is 305 g/mol. The van der Waals surface area contributed by atoms with Gasteiger partial charge in [0.1, 0.15) is 17.5 Å². The number of rotatable bonds is 1. The fraction of sp³-hybridized carbons (Fsp3) is 0.588. The monoisotopic (exact) mass is 305 g/mol. The molecule has 1 aromatic rings. The van der Waals surface area contributed by atoms with Crippen molar-refractivity contribution in [2.75, 3.05) is 13.1 Å². The summed E-state index contributed by atoms with van der Waals surface area (Å²) in [6.45, 7) is 6.62. The molecule has 0 aromatic heterocycles. The molecule has 1 aliphatic heterocycles. The number of carbonyl (C=O) groups is 1. The highest BCUT2D eigenvalue weighted by Crippen LogP contribution is 2.47. The summed E-state index contributed by atoms with van der Waals surface area (Å²) in [5.41, 5.74) is 0.150. The van der Waals surface area contributed by atoms with Crippen LogP contribution in [0, 0.1) is 0 Å². The minimum atomic E-state index is -0.507. The Morgan fingerprint density at radius 2 is 2.14 bits per heavy atom. The van der Waals surface area contributed by atoms with E-state index in [2.05, 4.69) is 0 Å². The average Bonchev–Trinajstić information content (AvgIpc) is 3.15. The van der Waals surface area contributed by atoms with Crippen LogP contribution < -0.4 is 0 Å². The molecule has 1 heterocycles. The van der Waals surface area contributed by atoms with Crippen LogP contribution >= 0.6 is 0 Å². The van der Waals surface area contributed by atoms with Gasteiger partial charge in [-0.3, -0.25) is 0 Å². The number of phenolic OH excluding ortho intramolecular Hbond substituents is 1. The summed E-state index contributed by atoms with van der Waals surface area (Å²) >= 11 is 0. The van der Waals surface area contributed by atoms with Gasteiger partial charge >= 0.3 is 6.09 Å². The molecule has 1 saturated heterocycles. The van der Waals surface area contributed by atoms with Crippen molar-refractivity contribution in [1.29, 1.82) is 0 Å². The molecule has 1 unspecified atom stereocenters. The highest BCUT2D eigenvalue weighted by molar-refractivity contribution is 5.68. The molecule has 1 amide bonds. The van der Waals surface area contributed by atoms with Crippen LogP contribution in [0.25, 0.3) is 0 Å². The summed E-state index contributed by atoms with van der Waals surface area (Å²) in [4.78, 5) is 14.1. The predicted molar refractivity (Wildman–Crippen MR) is 81.7 cm³/mol. The molecule has 5 heteroatoms. The fourth-order valence-corrected chi connectivity index (χ4v) is 2.77. The minimum Gasteiger partial charge on any atom is -0.508 e. The van der Waals surface area contributed by atoms with Crippen LogP contribution in [0.2, 0.25) is 0 Å². The molecule has 1 atom stereocenters. The number of carbonyl (C=O) groups excluding carboxylic acids is 1. The van der Waals surface area contributed by atoms with Crippen molar-refractivity contribution in [1.82, 2.24) is 4.90 Å². The molecule has 1 aliphatic carbocycles. The van der Waals surface area contributed by atoms with Gasteiger partial charge in [0, 0.05) is 0 Å². The summed E-state index contributed by atoms with van der Waals surface area (Å²) in [5, 5.41) is 9.66. The number of aromatic hydroxyl groups is 1. The number of amides is 1. The van der Waals surface area contributed by atoms with Gasteiger partial charge in [-0.2, -0.15) is 0 Å². The largest absolute Gasteiger partial charge is 0.508 e. The molecule has 1 spiro atoms. The number of hydrogen-bond donors (Lipinski definition) is 1. The van der Waals surface area contributed by atoms with E-state index < -0.39 is 5.60 Å². The Balaban J connectivity index is 1.77. The van der Waals surface area contributed by atoms with Gasteiger partial charge in [0.15, 0.2) is 0 Å². The molecule has 1 N–H and O–H groups in total. The number of benzene rings is 1. The van der Waals surface area contributed by atoms with E-state index in [4.69, 9.17) is 9.47 Å². The zero-order valence-corrected chi connectivity index (χ0v) is 13.3. The van der Waals surface area contributed by atoms with E-state index in [1.165, 1.54) is 0 Å². The van der Waals surface area contributed by atoms with Crippen molar-refractivity contribution >= 4 is 6.09 Å². The van der Waals surface area contributed by atoms with Crippen molar-refractivity contribution in [3.05, 3.63) is 29.8 Å². The maximum absolute atomic E-state index is 12.4. The van der Waals surface area contributed by atoms with Gasteiger partial charge in [-0.25, -0.2) is 4.79 Å². The third-order valence-electron chi connectivity index (χ3n) is 3.96. The van der Waals surface area contributed by atoms with Crippen molar-refractivity contribution in [2.24, 2.45) is 0 Å². The maximum atomic E-state index is 12.4. The lowest BCUT2D eigenvalue weighted by Crippen LogP contribution is -2.49. The summed E-state index contributed by atoms with van der Waals surface area (Å²) < 4.78 is 11.7. The molecular weight excluding hydrogens is 282 g/mol. The summed E-state index contributed by atoms with van der Waals surface area (Å²) in [7, 11) is 0. The minimum absolute atomic E-state index is 0.209. The van der Waals surface area contributed by atoms with Gasteiger partial charge in [0.25, 0.3) is 0 Å². The zero-order valence-electron chi connectivity index (χ0n) is 13.3. The molecule has 2 aliphatic rings. The Hall–Kier alpha value is -1.75. The smallest absolute Gasteiger partial charge is 0.410 e. The number of hydrogen-bond acceptors (Lipinski definition) is 4. The second-order valence-corrected chi connectivity index (χ2v) is 7.25. The Morgan fingerprint density at radius 3 is 2.73 bits per heavy atom. The molecule has 1 saturated carbocycles. The molecule has 0 radical (unpaired) electrons. The number of phenols is 1. The summed E-state index contributed by atoms with van der Waals surface area (Å²) in [6, 6.07) is 7.03. The first-order chi connectivity index (χ1) is 10.3. The quantitative estimate of drug-likeness (QED) is 0.865. The van der Waals surface area contributed by atoms with E-state index in [0.717, 1.165) is 18.4 Å². The lowest BCUT2D eigenvalue weighted by molar-refractivity contribution is -0.103. The van der Waals surface area contributed by atoms with E-state index in [1.807, 2.05) is 26.8 Å². The second-order valence-electron chi connectivity index (χ2n) is 7.25. The SMILES string of the molecule is CC(C)(C)OC(=O)N1CC(c2cccc(O)c2)OC2(CC2)C1. The first-order valence-electron chi connectivity index (χ1n) is 7.71. The van der Waals surface area contributed by atoms with E-state index in [1.54, 1.807) is 23.1 Å². The van der Waals surface area contributed by atoms with Crippen molar-refractivity contribution in [3.63, 3.8) is 0 Å². The molecule has 0 bridgehead atoms. The lowest BCUT2D eigenvalue weighted by atomic mass is 10.1. The highest BCUT2D eigenvalue weighted by atomic mass is 16.6. The van der Waals surface area contributed by atoms with Gasteiger partial charge < -0.3 is 19.5 Å². The van der Waals surface area contributed by atoms with Crippen LogP contribution in [-0.4, -0.2) is 40.4 Å². The summed E-state index contributed by atoms with van der Waals surface area (Å²) in [5.74, 6) is 0.209. The zero-order chi connectivity index (χ0) is 16.0. The molecule has 3 rings (SSSR count). The van der Waals surface area contributed by atoms with Crippen molar-refractivity contribution in [3.8, 4) is 5.75 Å². The van der Waals surface area contributed by atoms with Gasteiger partial charge in [-0.1, -0.05) is 12.1 Å². The first-order valence-corrected chi connectivity index (χ1v) is 7.71. The van der Waals surface area contributed by atoms with Gasteiger partial charge in [-0.15, -0.1) is 0 Å². The highest BCUT2D eigenvalue weighted by Gasteiger charge is 2.52. The standard InChI is InChI=1S/C17H23NO4/c1-16(2,3)22-15(20)18-10-14(21-17(11-18)7-8-17)12-5-4-6-13(19)9-12/h4-6,9,14,19H,7-8,10-11H2,1-3H3. The second kappa shape index (κ2) is 5.16. The fourth-order valence-electron chi connectivity index (χ4n) is 2.77. The first kappa shape index (κ1) is 15.2. The third-order valence-corrected chi connectivity index (χ3v) is 3.96. The predicted octanol–water partition coefficient (Wildman–Crippen LogP) is 3.23. The summed E-state index contributed by atoms with van der Waals surface area (Å²) in [6.07, 6.45) is 1.39. The van der Waals surface area contributed by atoms with E-state index in [-0.39, 0.29) is 23.5 Å². The lowest BCUT2D eigenvalue weighted by Gasteiger charge is -2.39. The Labute approximate surface area is 130 Å². The Morgan fingerprint density at radius 1 is 1.41 bits per heavy atom. The Kier molecular flexibility index (Phi) is 3.56. The number of nitrogens with zero attached hydrogens (tertiary/aromatic N) is 1. The molecule has 1 aromatic carbocycles. The van der Waals surface area contributed by atoms with Crippen molar-refractivity contribution in [2.45, 2.75) is 50.9 Å². The topological polar surface area (TPSA) is 59.0 Å². The molecule has 2 fully saturated rings. The normalized spacial score (nSPS) is 23.4. The maximum Gasteiger partial charge on any atom is 0.410 e. The molecular formula is C17H23NO4. The van der Waals surface area contributed by atoms with Gasteiger partial charge in [0.05, 0.1) is 18.7 Å². The molecule has 120 valence electrons. The third kappa shape index (κ3) is 3.35. The van der Waals surface area contributed by atoms with Gasteiger partial charge in [-0.05, 0) is 51.3 Å². The van der Waals surface area contributed by atoms with Crippen LogP contribution in [0.5, 0.6) is 5.75 Å². The van der Waals surface area contributed by atoms with Crippen LogP contribution in [0.15, 0.2) is 24.3 Å². The van der Waals surface area contributed by atoms with Crippen LogP contribution in [-0.2, 0) is 9.47 Å². The Bertz CT molecular complexity index is 574. The van der Waals surface area contributed by atoms with Crippen molar-refractivity contribution < 1.29 is 19.4 Å². The van der Waals surface area contributed by atoms with Gasteiger partial charge in [0.2, 0.25) is 0 Å². The van der Waals surface area contributed by atoms with E-state index in [9.17, 15) is 9.90 Å². The van der Waals surface area contributed by atoms with Crippen LogP contribution in [0.1, 0.15) is 45.3 Å². The number of ether oxygens (including phenoxy) is 2. The number of morpholine rings is 1. The van der Waals surface area contributed by atoms with E-state index >= 15 is 0 Å². The van der Waals surface area contributed by atoms with E-state index in [0.29, 0.717) is 13.1 Å². The molecule has 22 heavy (non-hydrogen) atoms. The van der Waals surface area contributed by atoms with Crippen LogP contribution in [0.4, 0.5) is 4.79 Å².